The van der Waals surface area contributed by atoms with Crippen LogP contribution in [0.2, 0.25) is 0 Å². The van der Waals surface area contributed by atoms with Gasteiger partial charge >= 0.3 is 0 Å². The van der Waals surface area contributed by atoms with Crippen molar-refractivity contribution in [2.75, 3.05) is 5.84 Å². The van der Waals surface area contributed by atoms with Crippen LogP contribution in [0.5, 0.6) is 0 Å². The summed E-state index contributed by atoms with van der Waals surface area (Å²) < 4.78 is 1.86. The molecule has 0 saturated heterocycles. The van der Waals surface area contributed by atoms with E-state index in [2.05, 4.69) is 81.5 Å². The summed E-state index contributed by atoms with van der Waals surface area (Å²) in [6.07, 6.45) is 4.58. The third-order valence-electron chi connectivity index (χ3n) is 6.80. The minimum atomic E-state index is -0.00894. The van der Waals surface area contributed by atoms with Crippen molar-refractivity contribution >= 4 is 17.0 Å². The predicted molar refractivity (Wildman–Crippen MR) is 101 cm³/mol. The molecule has 24 heavy (non-hydrogen) atoms. The predicted octanol–water partition coefficient (Wildman–Crippen LogP) is 4.71. The van der Waals surface area contributed by atoms with Gasteiger partial charge in [0.05, 0.1) is 11.2 Å². The van der Waals surface area contributed by atoms with Gasteiger partial charge in [-0.05, 0) is 28.8 Å². The van der Waals surface area contributed by atoms with Crippen molar-refractivity contribution in [2.24, 2.45) is 0 Å². The highest BCUT2D eigenvalue weighted by Gasteiger charge is 2.57. The Balaban J connectivity index is 1.94. The van der Waals surface area contributed by atoms with Gasteiger partial charge in [-0.15, -0.1) is 0 Å². The van der Waals surface area contributed by atoms with Crippen LogP contribution in [0, 0.1) is 0 Å². The Kier molecular flexibility index (Phi) is 2.39. The molecule has 2 aromatic carbocycles. The first kappa shape index (κ1) is 13.9. The number of nitrogens with zero attached hydrogens (tertiary/aromatic N) is 1. The highest BCUT2D eigenvalue weighted by atomic mass is 15.3. The fraction of sp³-hybridized carbons (Fsp3) is 0.273. The van der Waals surface area contributed by atoms with E-state index in [9.17, 15) is 0 Å². The first-order valence-electron chi connectivity index (χ1n) is 8.64. The van der Waals surface area contributed by atoms with E-state index >= 15 is 0 Å². The van der Waals surface area contributed by atoms with Crippen LogP contribution in [0.15, 0.2) is 54.6 Å². The maximum absolute atomic E-state index is 6.46. The number of allylic oxidation sites excluding steroid dienone is 1. The largest absolute Gasteiger partial charge is 0.339 e. The molecule has 2 nitrogen and oxygen atoms in total. The Labute approximate surface area is 142 Å². The number of rotatable bonds is 0. The average molecular weight is 314 g/mol. The molecule has 5 rings (SSSR count). The highest BCUT2D eigenvalue weighted by Crippen LogP contribution is 2.63. The number of aromatic nitrogens is 1. The second-order valence-corrected chi connectivity index (χ2v) is 7.90. The van der Waals surface area contributed by atoms with E-state index in [1.165, 1.54) is 22.1 Å². The summed E-state index contributed by atoms with van der Waals surface area (Å²) >= 11 is 0. The number of nitrogen functional groups attached to an aromatic ring is 1. The van der Waals surface area contributed by atoms with Crippen molar-refractivity contribution in [3.8, 4) is 0 Å². The average Bonchev–Trinajstić information content (AvgIpc) is 2.98. The van der Waals surface area contributed by atoms with Crippen LogP contribution in [-0.2, 0) is 10.8 Å². The number of hydrogen-bond acceptors (Lipinski definition) is 1. The third-order valence-corrected chi connectivity index (χ3v) is 6.80. The Morgan fingerprint density at radius 1 is 0.958 bits per heavy atom. The van der Waals surface area contributed by atoms with Crippen LogP contribution in [0.1, 0.15) is 49.1 Å². The van der Waals surface area contributed by atoms with Crippen molar-refractivity contribution in [3.63, 3.8) is 0 Å². The Morgan fingerprint density at radius 3 is 2.50 bits per heavy atom. The minimum Gasteiger partial charge on any atom is -0.339 e. The maximum Gasteiger partial charge on any atom is 0.0700 e. The molecule has 2 aliphatic rings. The molecule has 2 aliphatic carbocycles. The molecule has 0 radical (unpaired) electrons. The van der Waals surface area contributed by atoms with Gasteiger partial charge in [-0.3, -0.25) is 4.68 Å². The van der Waals surface area contributed by atoms with Gasteiger partial charge in [0.15, 0.2) is 0 Å². The van der Waals surface area contributed by atoms with E-state index in [0.29, 0.717) is 5.92 Å². The molecule has 2 N–H and O–H groups in total. The molecule has 0 spiro atoms. The summed E-state index contributed by atoms with van der Waals surface area (Å²) in [7, 11) is 0. The van der Waals surface area contributed by atoms with Gasteiger partial charge in [0.2, 0.25) is 0 Å². The summed E-state index contributed by atoms with van der Waals surface area (Å²) in [6.45, 7) is 7.20. The number of benzene rings is 2. The summed E-state index contributed by atoms with van der Waals surface area (Å²) in [5.41, 5.74) is 6.61. The van der Waals surface area contributed by atoms with Crippen LogP contribution in [0.25, 0.3) is 17.0 Å². The lowest BCUT2D eigenvalue weighted by Crippen LogP contribution is -2.43. The van der Waals surface area contributed by atoms with Gasteiger partial charge < -0.3 is 5.84 Å². The van der Waals surface area contributed by atoms with Gasteiger partial charge in [0, 0.05) is 22.1 Å². The van der Waals surface area contributed by atoms with Crippen LogP contribution in [-0.4, -0.2) is 4.68 Å². The van der Waals surface area contributed by atoms with Crippen LogP contribution < -0.4 is 5.84 Å². The van der Waals surface area contributed by atoms with E-state index in [1.807, 2.05) is 4.68 Å². The second-order valence-electron chi connectivity index (χ2n) is 7.90. The lowest BCUT2D eigenvalue weighted by Gasteiger charge is -2.44. The molecule has 2 heteroatoms. The fourth-order valence-corrected chi connectivity index (χ4v) is 5.26. The van der Waals surface area contributed by atoms with Gasteiger partial charge in [0.1, 0.15) is 0 Å². The SMILES string of the molecule is CC1(C)c2ccccc2C2C=Cc3c(c4ccccc4n3N)C21C. The van der Waals surface area contributed by atoms with Crippen molar-refractivity contribution in [3.05, 3.63) is 77.0 Å². The molecule has 0 bridgehead atoms. The van der Waals surface area contributed by atoms with Crippen LogP contribution in [0.4, 0.5) is 0 Å². The van der Waals surface area contributed by atoms with Crippen LogP contribution >= 0.6 is 0 Å². The molecule has 0 amide bonds. The molecule has 0 fully saturated rings. The van der Waals surface area contributed by atoms with Gasteiger partial charge in [-0.25, -0.2) is 0 Å². The molecule has 3 aromatic rings. The standard InChI is InChI=1S/C22H22N2/c1-21(2)16-10-6-4-8-14(16)17-12-13-19-20(22(17,21)3)15-9-5-7-11-18(15)24(19)23/h4-13,17H,23H2,1-3H3. The highest BCUT2D eigenvalue weighted by molar-refractivity contribution is 5.91. The molecule has 2 unspecified atom stereocenters. The zero-order chi connectivity index (χ0) is 16.7. The van der Waals surface area contributed by atoms with E-state index in [-0.39, 0.29) is 10.8 Å². The van der Waals surface area contributed by atoms with Crippen molar-refractivity contribution in [2.45, 2.75) is 37.5 Å². The van der Waals surface area contributed by atoms with E-state index < -0.39 is 0 Å². The molecule has 2 atom stereocenters. The Hall–Kier alpha value is -2.48. The van der Waals surface area contributed by atoms with Gasteiger partial charge in [-0.1, -0.05) is 69.3 Å². The minimum absolute atomic E-state index is 0.00894. The fourth-order valence-electron chi connectivity index (χ4n) is 5.26. The summed E-state index contributed by atoms with van der Waals surface area (Å²) in [6, 6.07) is 17.4. The molecule has 0 aliphatic heterocycles. The number of nitrogens with two attached hydrogens (primary N) is 1. The van der Waals surface area contributed by atoms with Crippen molar-refractivity contribution < 1.29 is 0 Å². The zero-order valence-corrected chi connectivity index (χ0v) is 14.4. The topological polar surface area (TPSA) is 30.9 Å². The number of para-hydroxylation sites is 1. The molecular formula is C22H22N2. The third kappa shape index (κ3) is 1.31. The molecule has 1 heterocycles. The summed E-state index contributed by atoms with van der Waals surface area (Å²) in [5, 5.41) is 1.28. The van der Waals surface area contributed by atoms with Crippen molar-refractivity contribution in [1.82, 2.24) is 4.68 Å². The Bertz CT molecular complexity index is 1020. The smallest absolute Gasteiger partial charge is 0.0700 e. The van der Waals surface area contributed by atoms with Crippen LogP contribution in [0.3, 0.4) is 0 Å². The Morgan fingerprint density at radius 2 is 1.67 bits per heavy atom. The molecular weight excluding hydrogens is 292 g/mol. The lowest BCUT2D eigenvalue weighted by molar-refractivity contribution is 0.283. The van der Waals surface area contributed by atoms with E-state index in [0.717, 1.165) is 11.2 Å². The number of fused-ring (bicyclic) bond motifs is 7. The monoisotopic (exact) mass is 314 g/mol. The van der Waals surface area contributed by atoms with E-state index in [4.69, 9.17) is 5.84 Å². The molecule has 120 valence electrons. The van der Waals surface area contributed by atoms with Gasteiger partial charge in [-0.2, -0.15) is 0 Å². The molecule has 1 aromatic heterocycles. The quantitative estimate of drug-likeness (QED) is 0.598. The molecule has 0 saturated carbocycles. The zero-order valence-electron chi connectivity index (χ0n) is 14.4. The lowest BCUT2D eigenvalue weighted by atomic mass is 9.58. The number of hydrogen-bond donors (Lipinski definition) is 1. The normalized spacial score (nSPS) is 26.2. The van der Waals surface area contributed by atoms with Crippen molar-refractivity contribution in [1.29, 1.82) is 0 Å². The van der Waals surface area contributed by atoms with E-state index in [1.54, 1.807) is 0 Å². The summed E-state index contributed by atoms with van der Waals surface area (Å²) in [4.78, 5) is 0. The van der Waals surface area contributed by atoms with Gasteiger partial charge in [0.25, 0.3) is 0 Å². The first-order chi connectivity index (χ1) is 11.5. The maximum atomic E-state index is 6.46. The summed E-state index contributed by atoms with van der Waals surface area (Å²) in [5.74, 6) is 6.85. The second kappa shape index (κ2) is 4.13. The first-order valence-corrected chi connectivity index (χ1v) is 8.64.